The van der Waals surface area contributed by atoms with E-state index in [2.05, 4.69) is 10.6 Å². The van der Waals surface area contributed by atoms with E-state index in [9.17, 15) is 9.90 Å². The second-order valence-electron chi connectivity index (χ2n) is 4.49. The fourth-order valence-electron chi connectivity index (χ4n) is 1.72. The largest absolute Gasteiger partial charge is 0.389 e. The average molecular weight is 234 g/mol. The van der Waals surface area contributed by atoms with Crippen molar-refractivity contribution < 1.29 is 9.90 Å². The average Bonchev–Trinajstić information content (AvgIpc) is 2.24. The molecule has 1 amide bonds. The zero-order valence-corrected chi connectivity index (χ0v) is 9.94. The highest BCUT2D eigenvalue weighted by molar-refractivity contribution is 5.79. The van der Waals surface area contributed by atoms with Crippen molar-refractivity contribution in [1.29, 1.82) is 0 Å². The molecule has 1 heterocycles. The predicted molar refractivity (Wildman–Crippen MR) is 65.3 cm³/mol. The maximum atomic E-state index is 11.6. The number of carbonyl (C=O) groups is 1. The van der Waals surface area contributed by atoms with Crippen molar-refractivity contribution >= 4 is 5.91 Å². The van der Waals surface area contributed by atoms with Crippen molar-refractivity contribution in [2.45, 2.75) is 19.6 Å². The molecule has 0 aromatic heterocycles. The summed E-state index contributed by atoms with van der Waals surface area (Å²) in [6, 6.07) is 7.64. The lowest BCUT2D eigenvalue weighted by molar-refractivity contribution is -0.126. The Bertz CT molecular complexity index is 383. The van der Waals surface area contributed by atoms with Gasteiger partial charge in [0.1, 0.15) is 0 Å². The van der Waals surface area contributed by atoms with E-state index in [0.717, 1.165) is 24.2 Å². The molecule has 0 saturated carbocycles. The van der Waals surface area contributed by atoms with Crippen molar-refractivity contribution in [2.24, 2.45) is 5.92 Å². The van der Waals surface area contributed by atoms with E-state index in [1.165, 1.54) is 0 Å². The number of rotatable bonds is 4. The lowest BCUT2D eigenvalue weighted by Gasteiger charge is -2.25. The van der Waals surface area contributed by atoms with Gasteiger partial charge in [-0.05, 0) is 18.1 Å². The lowest BCUT2D eigenvalue weighted by Crippen LogP contribution is -2.50. The minimum absolute atomic E-state index is 0.114. The molecule has 4 heteroatoms. The minimum Gasteiger partial charge on any atom is -0.389 e. The van der Waals surface area contributed by atoms with Gasteiger partial charge in [0, 0.05) is 19.6 Å². The predicted octanol–water partition coefficient (Wildman–Crippen LogP) is 0.575. The molecule has 1 aromatic rings. The first-order chi connectivity index (χ1) is 8.16. The van der Waals surface area contributed by atoms with Crippen LogP contribution in [-0.4, -0.2) is 24.1 Å². The summed E-state index contributed by atoms with van der Waals surface area (Å²) in [5.41, 5.74) is 1.94. The maximum absolute atomic E-state index is 11.6. The third-order valence-corrected chi connectivity index (χ3v) is 3.08. The van der Waals surface area contributed by atoms with E-state index in [-0.39, 0.29) is 11.8 Å². The molecule has 2 rings (SSSR count). The van der Waals surface area contributed by atoms with Gasteiger partial charge in [0.05, 0.1) is 12.0 Å². The van der Waals surface area contributed by atoms with Crippen LogP contribution >= 0.6 is 0 Å². The van der Waals surface area contributed by atoms with E-state index in [4.69, 9.17) is 0 Å². The van der Waals surface area contributed by atoms with Crippen LogP contribution in [0.15, 0.2) is 24.3 Å². The molecule has 17 heavy (non-hydrogen) atoms. The molecule has 1 fully saturated rings. The number of benzene rings is 1. The van der Waals surface area contributed by atoms with E-state index in [0.29, 0.717) is 6.54 Å². The van der Waals surface area contributed by atoms with Crippen LogP contribution in [0.3, 0.4) is 0 Å². The van der Waals surface area contributed by atoms with Crippen LogP contribution in [0.25, 0.3) is 0 Å². The number of hydrogen-bond acceptors (Lipinski definition) is 3. The molecule has 0 radical (unpaired) electrons. The molecule has 92 valence electrons. The molecule has 1 unspecified atom stereocenters. The molecular weight excluding hydrogens is 216 g/mol. The molecule has 0 spiro atoms. The molecule has 4 nitrogen and oxygen atoms in total. The van der Waals surface area contributed by atoms with Gasteiger partial charge in [-0.15, -0.1) is 0 Å². The van der Waals surface area contributed by atoms with E-state index < -0.39 is 6.10 Å². The molecule has 1 atom stereocenters. The van der Waals surface area contributed by atoms with Gasteiger partial charge in [-0.1, -0.05) is 24.3 Å². The van der Waals surface area contributed by atoms with Gasteiger partial charge < -0.3 is 15.7 Å². The molecule has 1 aliphatic rings. The Morgan fingerprint density at radius 2 is 2.12 bits per heavy atom. The second kappa shape index (κ2) is 5.29. The molecule has 0 aliphatic carbocycles. The maximum Gasteiger partial charge on any atom is 0.225 e. The van der Waals surface area contributed by atoms with Crippen LogP contribution in [0.1, 0.15) is 24.2 Å². The molecule has 1 aliphatic heterocycles. The fourth-order valence-corrected chi connectivity index (χ4v) is 1.72. The number of hydrogen-bond donors (Lipinski definition) is 3. The van der Waals surface area contributed by atoms with Crippen LogP contribution in [0.5, 0.6) is 0 Å². The van der Waals surface area contributed by atoms with Crippen molar-refractivity contribution in [3.05, 3.63) is 35.4 Å². The van der Waals surface area contributed by atoms with Gasteiger partial charge >= 0.3 is 0 Å². The Hall–Kier alpha value is -1.39. The summed E-state index contributed by atoms with van der Waals surface area (Å²) in [5, 5.41) is 15.3. The summed E-state index contributed by atoms with van der Waals surface area (Å²) in [6.45, 7) is 3.86. The Labute approximate surface area is 101 Å². The molecule has 1 saturated heterocycles. The van der Waals surface area contributed by atoms with Crippen molar-refractivity contribution in [3.8, 4) is 0 Å². The van der Waals surface area contributed by atoms with Crippen LogP contribution < -0.4 is 10.6 Å². The minimum atomic E-state index is -0.445. The molecule has 1 aromatic carbocycles. The normalized spacial score (nSPS) is 17.3. The number of aliphatic hydroxyl groups excluding tert-OH is 1. The van der Waals surface area contributed by atoms with Gasteiger partial charge in [0.25, 0.3) is 0 Å². The molecule has 0 bridgehead atoms. The fraction of sp³-hybridized carbons (Fsp3) is 0.462. The number of amides is 1. The smallest absolute Gasteiger partial charge is 0.225 e. The van der Waals surface area contributed by atoms with E-state index in [1.807, 2.05) is 24.3 Å². The highest BCUT2D eigenvalue weighted by atomic mass is 16.3. The molecule has 3 N–H and O–H groups in total. The van der Waals surface area contributed by atoms with E-state index in [1.54, 1.807) is 6.92 Å². The number of nitrogens with one attached hydrogen (secondary N) is 2. The third kappa shape index (κ3) is 3.05. The SMILES string of the molecule is CC(O)c1ccc(CNC(=O)C2CNC2)cc1. The second-order valence-corrected chi connectivity index (χ2v) is 4.49. The summed E-state index contributed by atoms with van der Waals surface area (Å²) in [5.74, 6) is 0.245. The highest BCUT2D eigenvalue weighted by Crippen LogP contribution is 2.12. The first kappa shape index (κ1) is 12.1. The van der Waals surface area contributed by atoms with Crippen LogP contribution in [0.4, 0.5) is 0 Å². The monoisotopic (exact) mass is 234 g/mol. The Kier molecular flexibility index (Phi) is 3.76. The number of aliphatic hydroxyl groups is 1. The van der Waals surface area contributed by atoms with E-state index >= 15 is 0 Å². The topological polar surface area (TPSA) is 61.4 Å². The van der Waals surface area contributed by atoms with Crippen LogP contribution in [0.2, 0.25) is 0 Å². The van der Waals surface area contributed by atoms with Crippen molar-refractivity contribution in [1.82, 2.24) is 10.6 Å². The standard InChI is InChI=1S/C13H18N2O2/c1-9(16)11-4-2-10(3-5-11)6-15-13(17)12-7-14-8-12/h2-5,9,12,14,16H,6-8H2,1H3,(H,15,17). The van der Waals surface area contributed by atoms with Crippen LogP contribution in [0, 0.1) is 5.92 Å². The third-order valence-electron chi connectivity index (χ3n) is 3.08. The van der Waals surface area contributed by atoms with Gasteiger partial charge in [-0.2, -0.15) is 0 Å². The van der Waals surface area contributed by atoms with Crippen LogP contribution in [-0.2, 0) is 11.3 Å². The summed E-state index contributed by atoms with van der Waals surface area (Å²) in [7, 11) is 0. The zero-order valence-electron chi connectivity index (χ0n) is 9.94. The number of carbonyl (C=O) groups excluding carboxylic acids is 1. The zero-order chi connectivity index (χ0) is 12.3. The first-order valence-electron chi connectivity index (χ1n) is 5.92. The Balaban J connectivity index is 1.84. The van der Waals surface area contributed by atoms with Crippen molar-refractivity contribution in [2.75, 3.05) is 13.1 Å². The van der Waals surface area contributed by atoms with Gasteiger partial charge in [0.15, 0.2) is 0 Å². The Morgan fingerprint density at radius 3 is 2.59 bits per heavy atom. The van der Waals surface area contributed by atoms with Crippen molar-refractivity contribution in [3.63, 3.8) is 0 Å². The first-order valence-corrected chi connectivity index (χ1v) is 5.92. The Morgan fingerprint density at radius 1 is 1.47 bits per heavy atom. The summed E-state index contributed by atoms with van der Waals surface area (Å²) >= 11 is 0. The summed E-state index contributed by atoms with van der Waals surface area (Å²) < 4.78 is 0. The van der Waals surface area contributed by atoms with Gasteiger partial charge in [-0.25, -0.2) is 0 Å². The highest BCUT2D eigenvalue weighted by Gasteiger charge is 2.24. The van der Waals surface area contributed by atoms with Gasteiger partial charge in [0.2, 0.25) is 5.91 Å². The summed E-state index contributed by atoms with van der Waals surface area (Å²) in [6.07, 6.45) is -0.445. The summed E-state index contributed by atoms with van der Waals surface area (Å²) in [4.78, 5) is 11.6. The quantitative estimate of drug-likeness (QED) is 0.714. The molecular formula is C13H18N2O2. The lowest BCUT2D eigenvalue weighted by atomic mass is 10.0. The van der Waals surface area contributed by atoms with Gasteiger partial charge in [-0.3, -0.25) is 4.79 Å².